The van der Waals surface area contributed by atoms with Crippen LogP contribution in [0.15, 0.2) is 60.0 Å². The van der Waals surface area contributed by atoms with Gasteiger partial charge in [-0.15, -0.1) is 11.3 Å². The number of halogens is 1. The van der Waals surface area contributed by atoms with E-state index >= 15 is 0 Å². The molecule has 2 atom stereocenters. The molecule has 0 spiro atoms. The van der Waals surface area contributed by atoms with Crippen LogP contribution in [0.2, 0.25) is 0 Å². The van der Waals surface area contributed by atoms with Crippen LogP contribution >= 0.6 is 11.3 Å². The second-order valence-corrected chi connectivity index (χ2v) is 6.52. The molecule has 2 N–H and O–H groups in total. The molecule has 0 fully saturated rings. The maximum Gasteiger partial charge on any atom is 0.123 e. The van der Waals surface area contributed by atoms with Crippen LogP contribution in [0.3, 0.4) is 0 Å². The van der Waals surface area contributed by atoms with Gasteiger partial charge in [0.1, 0.15) is 10.8 Å². The molecular weight excluding hydrogens is 323 g/mol. The minimum Gasteiger partial charge on any atom is -0.387 e. The molecular formula is C19H19FN2OS. The summed E-state index contributed by atoms with van der Waals surface area (Å²) in [4.78, 5) is 4.67. The first-order chi connectivity index (χ1) is 11.6. The Bertz CT molecular complexity index is 774. The summed E-state index contributed by atoms with van der Waals surface area (Å²) in [5, 5.41) is 16.5. The van der Waals surface area contributed by atoms with Gasteiger partial charge in [0.2, 0.25) is 0 Å². The first-order valence-corrected chi connectivity index (χ1v) is 8.69. The van der Waals surface area contributed by atoms with Crippen LogP contribution in [0, 0.1) is 5.82 Å². The Kier molecular flexibility index (Phi) is 5.35. The number of hydrogen-bond donors (Lipinski definition) is 2. The monoisotopic (exact) mass is 342 g/mol. The molecule has 2 unspecified atom stereocenters. The summed E-state index contributed by atoms with van der Waals surface area (Å²) in [6, 6.07) is 16.0. The van der Waals surface area contributed by atoms with Gasteiger partial charge in [-0.3, -0.25) is 0 Å². The van der Waals surface area contributed by atoms with Gasteiger partial charge < -0.3 is 10.4 Å². The summed E-state index contributed by atoms with van der Waals surface area (Å²) >= 11 is 1.60. The van der Waals surface area contributed by atoms with Gasteiger partial charge in [-0.2, -0.15) is 0 Å². The first kappa shape index (κ1) is 16.8. The normalized spacial score (nSPS) is 13.6. The second-order valence-electron chi connectivity index (χ2n) is 5.63. The zero-order valence-electron chi connectivity index (χ0n) is 13.3. The highest BCUT2D eigenvalue weighted by Gasteiger charge is 2.14. The van der Waals surface area contributed by atoms with Crippen molar-refractivity contribution < 1.29 is 9.50 Å². The fourth-order valence-electron chi connectivity index (χ4n) is 2.41. The lowest BCUT2D eigenvalue weighted by Crippen LogP contribution is -2.24. The Morgan fingerprint density at radius 1 is 1.12 bits per heavy atom. The number of aromatic nitrogens is 1. The van der Waals surface area contributed by atoms with Crippen LogP contribution in [0.25, 0.3) is 11.3 Å². The standard InChI is InChI=1S/C19H19FN2OS/c1-13(21-11-18(23)15-7-9-16(20)10-8-15)19-22-17(12-24-19)14-5-3-2-4-6-14/h2-10,12-13,18,21,23H,11H2,1H3. The van der Waals surface area contributed by atoms with Gasteiger partial charge in [-0.1, -0.05) is 42.5 Å². The number of aliphatic hydroxyl groups excluding tert-OH is 1. The lowest BCUT2D eigenvalue weighted by molar-refractivity contribution is 0.170. The molecule has 2 aromatic carbocycles. The molecule has 3 nitrogen and oxygen atoms in total. The molecule has 24 heavy (non-hydrogen) atoms. The van der Waals surface area contributed by atoms with E-state index in [-0.39, 0.29) is 11.9 Å². The summed E-state index contributed by atoms with van der Waals surface area (Å²) in [5.74, 6) is -0.302. The Labute approximate surface area is 144 Å². The highest BCUT2D eigenvalue weighted by molar-refractivity contribution is 7.10. The van der Waals surface area contributed by atoms with Gasteiger partial charge in [-0.25, -0.2) is 9.37 Å². The average Bonchev–Trinajstić information content (AvgIpc) is 3.11. The third-order valence-corrected chi connectivity index (χ3v) is 4.86. The summed E-state index contributed by atoms with van der Waals surface area (Å²) in [6.07, 6.45) is -0.679. The summed E-state index contributed by atoms with van der Waals surface area (Å²) in [7, 11) is 0. The number of aliphatic hydroxyl groups is 1. The van der Waals surface area contributed by atoms with E-state index in [9.17, 15) is 9.50 Å². The fourth-order valence-corrected chi connectivity index (χ4v) is 3.27. The van der Waals surface area contributed by atoms with Crippen molar-refractivity contribution in [3.63, 3.8) is 0 Å². The number of hydrogen-bond acceptors (Lipinski definition) is 4. The summed E-state index contributed by atoms with van der Waals surface area (Å²) in [5.41, 5.74) is 2.75. The minimum absolute atomic E-state index is 0.0301. The quantitative estimate of drug-likeness (QED) is 0.701. The minimum atomic E-state index is -0.679. The van der Waals surface area contributed by atoms with Crippen molar-refractivity contribution in [2.24, 2.45) is 0 Å². The van der Waals surface area contributed by atoms with Crippen LogP contribution in [-0.4, -0.2) is 16.6 Å². The number of benzene rings is 2. The smallest absolute Gasteiger partial charge is 0.123 e. The Morgan fingerprint density at radius 2 is 1.83 bits per heavy atom. The van der Waals surface area contributed by atoms with Gasteiger partial charge in [-0.05, 0) is 24.6 Å². The molecule has 0 bridgehead atoms. The van der Waals surface area contributed by atoms with Gasteiger partial charge in [0, 0.05) is 17.5 Å². The van der Waals surface area contributed by atoms with Crippen LogP contribution < -0.4 is 5.32 Å². The molecule has 0 aliphatic carbocycles. The van der Waals surface area contributed by atoms with Gasteiger partial charge in [0.25, 0.3) is 0 Å². The summed E-state index contributed by atoms with van der Waals surface area (Å²) in [6.45, 7) is 2.40. The van der Waals surface area contributed by atoms with Crippen molar-refractivity contribution in [2.75, 3.05) is 6.54 Å². The lowest BCUT2D eigenvalue weighted by Gasteiger charge is -2.16. The topological polar surface area (TPSA) is 45.1 Å². The fraction of sp³-hybridized carbons (Fsp3) is 0.211. The van der Waals surface area contributed by atoms with E-state index in [1.807, 2.05) is 42.6 Å². The van der Waals surface area contributed by atoms with E-state index in [0.29, 0.717) is 12.1 Å². The zero-order valence-corrected chi connectivity index (χ0v) is 14.1. The molecule has 0 saturated heterocycles. The van der Waals surface area contributed by atoms with E-state index in [4.69, 9.17) is 0 Å². The van der Waals surface area contributed by atoms with Crippen molar-refractivity contribution >= 4 is 11.3 Å². The number of thiazole rings is 1. The maximum atomic E-state index is 12.9. The van der Waals surface area contributed by atoms with E-state index < -0.39 is 6.10 Å². The zero-order chi connectivity index (χ0) is 16.9. The molecule has 1 aromatic heterocycles. The molecule has 5 heteroatoms. The summed E-state index contributed by atoms with van der Waals surface area (Å²) < 4.78 is 12.9. The van der Waals surface area contributed by atoms with Gasteiger partial charge in [0.05, 0.1) is 17.8 Å². The van der Waals surface area contributed by atoms with Crippen LogP contribution in [-0.2, 0) is 0 Å². The maximum absolute atomic E-state index is 12.9. The number of nitrogens with one attached hydrogen (secondary N) is 1. The molecule has 0 radical (unpaired) electrons. The van der Waals surface area contributed by atoms with Crippen molar-refractivity contribution in [2.45, 2.75) is 19.1 Å². The van der Waals surface area contributed by atoms with Crippen molar-refractivity contribution in [1.29, 1.82) is 0 Å². The molecule has 124 valence electrons. The van der Waals surface area contributed by atoms with Crippen LogP contribution in [0.1, 0.15) is 29.6 Å². The van der Waals surface area contributed by atoms with E-state index in [1.165, 1.54) is 12.1 Å². The molecule has 3 aromatic rings. The van der Waals surface area contributed by atoms with Crippen LogP contribution in [0.5, 0.6) is 0 Å². The van der Waals surface area contributed by atoms with Crippen molar-refractivity contribution in [1.82, 2.24) is 10.3 Å². The van der Waals surface area contributed by atoms with E-state index in [2.05, 4.69) is 10.3 Å². The van der Waals surface area contributed by atoms with Crippen molar-refractivity contribution in [3.05, 3.63) is 76.4 Å². The van der Waals surface area contributed by atoms with Gasteiger partial charge >= 0.3 is 0 Å². The van der Waals surface area contributed by atoms with E-state index in [0.717, 1.165) is 16.3 Å². The van der Waals surface area contributed by atoms with Crippen molar-refractivity contribution in [3.8, 4) is 11.3 Å². The number of nitrogens with zero attached hydrogens (tertiary/aromatic N) is 1. The third-order valence-electron chi connectivity index (χ3n) is 3.83. The Balaban J connectivity index is 1.60. The molecule has 1 heterocycles. The Morgan fingerprint density at radius 3 is 2.54 bits per heavy atom. The van der Waals surface area contributed by atoms with Crippen LogP contribution in [0.4, 0.5) is 4.39 Å². The molecule has 0 aliphatic rings. The molecule has 0 aliphatic heterocycles. The predicted molar refractivity (Wildman–Crippen MR) is 95.3 cm³/mol. The van der Waals surface area contributed by atoms with E-state index in [1.54, 1.807) is 23.5 Å². The SMILES string of the molecule is CC(NCC(O)c1ccc(F)cc1)c1nc(-c2ccccc2)cs1. The highest BCUT2D eigenvalue weighted by Crippen LogP contribution is 2.25. The average molecular weight is 342 g/mol. The lowest BCUT2D eigenvalue weighted by atomic mass is 10.1. The Hall–Kier alpha value is -2.08. The van der Waals surface area contributed by atoms with Gasteiger partial charge in [0.15, 0.2) is 0 Å². The molecule has 0 saturated carbocycles. The predicted octanol–water partition coefficient (Wildman–Crippen LogP) is 4.33. The molecule has 3 rings (SSSR count). The number of rotatable bonds is 6. The first-order valence-electron chi connectivity index (χ1n) is 7.81. The highest BCUT2D eigenvalue weighted by atomic mass is 32.1. The largest absolute Gasteiger partial charge is 0.387 e. The molecule has 0 amide bonds. The second kappa shape index (κ2) is 7.66. The third kappa shape index (κ3) is 4.06.